The molecule has 0 spiro atoms. The maximum absolute atomic E-state index is 11.0. The zero-order valence-electron chi connectivity index (χ0n) is 20.6. The van der Waals surface area contributed by atoms with E-state index < -0.39 is 4.90 Å². The summed E-state index contributed by atoms with van der Waals surface area (Å²) in [6.07, 6.45) is 29.9. The Morgan fingerprint density at radius 1 is 0.788 bits per heavy atom. The Morgan fingerprint density at radius 2 is 1.27 bits per heavy atom. The van der Waals surface area contributed by atoms with Crippen LogP contribution in [0.15, 0.2) is 36.1 Å². The zero-order valence-corrected chi connectivity index (χ0v) is 21.4. The molecule has 0 fully saturated rings. The van der Waals surface area contributed by atoms with Crippen LogP contribution in [0.5, 0.6) is 0 Å². The smallest absolute Gasteiger partial charge is 0.231 e. The average Bonchev–Trinajstić information content (AvgIpc) is 2.81. The van der Waals surface area contributed by atoms with Gasteiger partial charge in [-0.15, -0.1) is 0 Å². The molecule has 188 valence electrons. The van der Waals surface area contributed by atoms with Crippen LogP contribution in [-0.4, -0.2) is 22.3 Å². The van der Waals surface area contributed by atoms with E-state index in [2.05, 4.69) is 23.1 Å². The van der Waals surface area contributed by atoms with Crippen LogP contribution >= 0.6 is 12.2 Å². The van der Waals surface area contributed by atoms with Gasteiger partial charge in [-0.05, 0) is 24.7 Å². The lowest BCUT2D eigenvalue weighted by Crippen LogP contribution is -2.42. The van der Waals surface area contributed by atoms with E-state index in [0.29, 0.717) is 10.7 Å². The average molecular weight is 478 g/mol. The Hall–Kier alpha value is -2.02. The molecule has 0 bridgehead atoms. The van der Waals surface area contributed by atoms with E-state index in [0.717, 1.165) is 13.0 Å². The highest BCUT2D eigenvalue weighted by Gasteiger charge is 2.10. The van der Waals surface area contributed by atoms with Crippen LogP contribution < -0.4 is 16.2 Å². The van der Waals surface area contributed by atoms with Crippen molar-refractivity contribution >= 4 is 23.0 Å². The first kappa shape index (κ1) is 29.0. The number of hydrazine groups is 1. The van der Waals surface area contributed by atoms with Crippen molar-refractivity contribution in [3.05, 3.63) is 46.5 Å². The number of hydrogen-bond donors (Lipinski definition) is 3. The second-order valence-electron chi connectivity index (χ2n) is 8.79. The summed E-state index contributed by atoms with van der Waals surface area (Å²) in [6, 6.07) is 0. The fourth-order valence-corrected chi connectivity index (χ4v) is 4.04. The Balaban J connectivity index is 1.87. The third-order valence-corrected chi connectivity index (χ3v) is 6.11. The molecule has 0 aromatic heterocycles. The molecule has 3 N–H and O–H groups in total. The van der Waals surface area contributed by atoms with Gasteiger partial charge in [-0.3, -0.25) is 5.43 Å². The van der Waals surface area contributed by atoms with Gasteiger partial charge < -0.3 is 21.2 Å². The van der Waals surface area contributed by atoms with E-state index in [1.54, 1.807) is 24.4 Å². The first-order chi connectivity index (χ1) is 16.1. The molecular formula is C26H45N4O2S-. The molecular weight excluding hydrogens is 432 g/mol. The van der Waals surface area contributed by atoms with E-state index in [1.165, 1.54) is 102 Å². The molecule has 0 heterocycles. The van der Waals surface area contributed by atoms with Gasteiger partial charge in [0.2, 0.25) is 5.71 Å². The largest absolute Gasteiger partial charge is 0.612 e. The van der Waals surface area contributed by atoms with Gasteiger partial charge in [0.25, 0.3) is 0 Å². The van der Waals surface area contributed by atoms with Crippen molar-refractivity contribution in [1.29, 1.82) is 0 Å². The van der Waals surface area contributed by atoms with Crippen molar-refractivity contribution in [1.82, 2.24) is 16.2 Å². The predicted octanol–water partition coefficient (Wildman–Crippen LogP) is 6.68. The minimum atomic E-state index is -0.401. The van der Waals surface area contributed by atoms with Crippen LogP contribution in [0.1, 0.15) is 110 Å². The summed E-state index contributed by atoms with van der Waals surface area (Å²) in [5, 5.41) is 25.7. The molecule has 6 nitrogen and oxygen atoms in total. The van der Waals surface area contributed by atoms with Crippen molar-refractivity contribution in [3.63, 3.8) is 0 Å². The molecule has 0 aromatic carbocycles. The topological polar surface area (TPSA) is 85.2 Å². The minimum absolute atomic E-state index is 0.0545. The van der Waals surface area contributed by atoms with Gasteiger partial charge in [0.1, 0.15) is 0 Å². The van der Waals surface area contributed by atoms with Gasteiger partial charge in [-0.2, -0.15) is 4.90 Å². The van der Waals surface area contributed by atoms with Gasteiger partial charge in [-0.25, -0.2) is 0 Å². The summed E-state index contributed by atoms with van der Waals surface area (Å²) in [4.78, 5) is -0.401. The maximum atomic E-state index is 11.0. The van der Waals surface area contributed by atoms with Gasteiger partial charge >= 0.3 is 0 Å². The van der Waals surface area contributed by atoms with E-state index in [-0.39, 0.29) is 5.71 Å². The van der Waals surface area contributed by atoms with E-state index >= 15 is 0 Å². The Labute approximate surface area is 206 Å². The van der Waals surface area contributed by atoms with Gasteiger partial charge in [0.05, 0.1) is 5.57 Å². The van der Waals surface area contributed by atoms with E-state index in [4.69, 9.17) is 12.2 Å². The minimum Gasteiger partial charge on any atom is -0.612 e. The number of rotatable bonds is 19. The fourth-order valence-electron chi connectivity index (χ4n) is 3.87. The standard InChI is InChI=1S/C26H45N4O2S/c1-2-3-4-5-6-7-8-9-10-11-12-13-14-15-16-19-22-27-26(33)29-28-23-24-20-17-18-21-25(24)30(31)32/h17-18,20-21,23,28H,2-16,19,22H2,1H3,(H2-,27,29,31,32,33)/q-1. The van der Waals surface area contributed by atoms with Crippen LogP contribution in [-0.2, 0) is 0 Å². The van der Waals surface area contributed by atoms with Crippen molar-refractivity contribution in [2.75, 3.05) is 6.54 Å². The molecule has 0 atom stereocenters. The number of unbranched alkanes of at least 4 members (excludes halogenated alkanes) is 15. The Morgan fingerprint density at radius 3 is 1.79 bits per heavy atom. The van der Waals surface area contributed by atoms with E-state index in [9.17, 15) is 10.4 Å². The van der Waals surface area contributed by atoms with Crippen LogP contribution in [0.4, 0.5) is 0 Å². The molecule has 0 unspecified atom stereocenters. The molecule has 0 saturated heterocycles. The molecule has 0 saturated carbocycles. The Kier molecular flexibility index (Phi) is 18.1. The second kappa shape index (κ2) is 20.6. The van der Waals surface area contributed by atoms with Gasteiger partial charge in [0.15, 0.2) is 5.11 Å². The summed E-state index contributed by atoms with van der Waals surface area (Å²) in [6.45, 7) is 3.11. The normalized spacial score (nSPS) is 14.0. The Bertz CT molecular complexity index is 640. The first-order valence-corrected chi connectivity index (χ1v) is 13.4. The fraction of sp³-hybridized carbons (Fsp3) is 0.692. The van der Waals surface area contributed by atoms with E-state index in [1.807, 2.05) is 0 Å². The predicted molar refractivity (Wildman–Crippen MR) is 145 cm³/mol. The van der Waals surface area contributed by atoms with Crippen LogP contribution in [0.25, 0.3) is 0 Å². The van der Waals surface area contributed by atoms with Crippen molar-refractivity contribution < 1.29 is 4.90 Å². The molecule has 0 aromatic rings. The van der Waals surface area contributed by atoms with Crippen molar-refractivity contribution in [2.24, 2.45) is 0 Å². The summed E-state index contributed by atoms with van der Waals surface area (Å²) >= 11 is 5.23. The highest BCUT2D eigenvalue weighted by atomic mass is 32.1. The van der Waals surface area contributed by atoms with Gasteiger partial charge in [0, 0.05) is 18.8 Å². The van der Waals surface area contributed by atoms with Crippen LogP contribution in [0.3, 0.4) is 0 Å². The first-order valence-electron chi connectivity index (χ1n) is 13.0. The highest BCUT2D eigenvalue weighted by Crippen LogP contribution is 2.13. The number of thiocarbonyl (C=S) groups is 1. The number of hydrogen-bond acceptors (Lipinski definition) is 4. The second-order valence-corrected chi connectivity index (χ2v) is 9.20. The molecule has 0 amide bonds. The van der Waals surface area contributed by atoms with Gasteiger partial charge in [-0.1, -0.05) is 115 Å². The molecule has 33 heavy (non-hydrogen) atoms. The molecule has 7 heteroatoms. The summed E-state index contributed by atoms with van der Waals surface area (Å²) in [5.41, 5.74) is 6.21. The lowest BCUT2D eigenvalue weighted by Gasteiger charge is -2.13. The molecule has 1 rings (SSSR count). The third kappa shape index (κ3) is 16.3. The summed E-state index contributed by atoms with van der Waals surface area (Å²) in [5.74, 6) is 0. The number of nitrogens with one attached hydrogen (secondary N) is 3. The number of nitrogens with zero attached hydrogens (tertiary/aromatic N) is 1. The van der Waals surface area contributed by atoms with Crippen molar-refractivity contribution in [2.45, 2.75) is 110 Å². The summed E-state index contributed by atoms with van der Waals surface area (Å²) < 4.78 is 0. The summed E-state index contributed by atoms with van der Waals surface area (Å²) in [7, 11) is 0. The molecule has 1 aliphatic carbocycles. The lowest BCUT2D eigenvalue weighted by molar-refractivity contribution is -0.377. The zero-order chi connectivity index (χ0) is 24.0. The maximum Gasteiger partial charge on any atom is 0.231 e. The lowest BCUT2D eigenvalue weighted by atomic mass is 10.0. The monoisotopic (exact) mass is 477 g/mol. The SMILES string of the molecule is CCCCCCCCCCCCCCCCCCNC(=S)NNC=C1C=CC=CC1=[N+]([O-])[O-]. The highest BCUT2D eigenvalue weighted by molar-refractivity contribution is 7.80. The molecule has 0 radical (unpaired) electrons. The molecule has 1 aliphatic rings. The number of allylic oxidation sites excluding steroid dienone is 5. The quantitative estimate of drug-likeness (QED) is 0.0833. The van der Waals surface area contributed by atoms with Crippen LogP contribution in [0.2, 0.25) is 0 Å². The molecule has 0 aliphatic heterocycles. The van der Waals surface area contributed by atoms with Crippen LogP contribution in [0, 0.1) is 10.4 Å². The third-order valence-electron chi connectivity index (χ3n) is 5.86. The van der Waals surface area contributed by atoms with Crippen molar-refractivity contribution in [3.8, 4) is 0 Å².